The molecule has 0 bridgehead atoms. The standard InChI is InChI=1S/C35H33N5O4/c1-42-29-18-30(43-2)20-31(19-29)44-35-38-33(37-28(22-41)17-24-9-5-3-6-10-24)32-34(39-35)40(23-36-32)21-25-13-15-27(16-14-25)26-11-7-4-8-12-26/h3-16,18-20,23,28,41H,17,21-22H2,1-2H3,(H,37,38,39)/t28-/m0/s1. The highest BCUT2D eigenvalue weighted by Gasteiger charge is 2.19. The van der Waals surface area contributed by atoms with Crippen LogP contribution in [0.2, 0.25) is 0 Å². The number of aliphatic hydroxyl groups excluding tert-OH is 1. The minimum atomic E-state index is -0.309. The first-order valence-electron chi connectivity index (χ1n) is 14.3. The maximum absolute atomic E-state index is 10.3. The molecule has 2 aromatic heterocycles. The van der Waals surface area contributed by atoms with Crippen LogP contribution in [0.15, 0.2) is 109 Å². The molecule has 0 aliphatic carbocycles. The second kappa shape index (κ2) is 13.3. The average molecular weight is 588 g/mol. The number of ether oxygens (including phenoxy) is 3. The van der Waals surface area contributed by atoms with Crippen LogP contribution in [0.5, 0.6) is 23.3 Å². The van der Waals surface area contributed by atoms with Gasteiger partial charge in [-0.05, 0) is 28.7 Å². The summed E-state index contributed by atoms with van der Waals surface area (Å²) in [6.45, 7) is 0.444. The summed E-state index contributed by atoms with van der Waals surface area (Å²) in [6, 6.07) is 33.8. The van der Waals surface area contributed by atoms with Crippen LogP contribution in [0.4, 0.5) is 5.82 Å². The zero-order valence-electron chi connectivity index (χ0n) is 24.6. The molecule has 0 spiro atoms. The highest BCUT2D eigenvalue weighted by atomic mass is 16.5. The Morgan fingerprint density at radius 2 is 1.39 bits per heavy atom. The van der Waals surface area contributed by atoms with E-state index in [1.807, 2.05) is 53.1 Å². The zero-order valence-corrected chi connectivity index (χ0v) is 24.6. The van der Waals surface area contributed by atoms with Gasteiger partial charge in [0.05, 0.1) is 39.7 Å². The summed E-state index contributed by atoms with van der Waals surface area (Å²) in [5, 5.41) is 13.6. The number of hydrogen-bond donors (Lipinski definition) is 2. The van der Waals surface area contributed by atoms with Crippen molar-refractivity contribution in [3.8, 4) is 34.4 Å². The van der Waals surface area contributed by atoms with E-state index < -0.39 is 0 Å². The van der Waals surface area contributed by atoms with Crippen LogP contribution in [0.3, 0.4) is 0 Å². The third-order valence-electron chi connectivity index (χ3n) is 7.28. The monoisotopic (exact) mass is 587 g/mol. The number of anilines is 1. The van der Waals surface area contributed by atoms with Gasteiger partial charge in [0, 0.05) is 18.2 Å². The number of fused-ring (bicyclic) bond motifs is 1. The number of aromatic nitrogens is 4. The van der Waals surface area contributed by atoms with E-state index in [1.54, 1.807) is 38.7 Å². The first kappa shape index (κ1) is 28.7. The molecule has 0 unspecified atom stereocenters. The van der Waals surface area contributed by atoms with E-state index >= 15 is 0 Å². The SMILES string of the molecule is COc1cc(OC)cc(Oc2nc(N[C@H](CO)Cc3ccccc3)c3ncn(Cc4ccc(-c5ccccc5)cc4)c3n2)c1. The minimum Gasteiger partial charge on any atom is -0.496 e. The average Bonchev–Trinajstić information content (AvgIpc) is 3.47. The van der Waals surface area contributed by atoms with Gasteiger partial charge >= 0.3 is 6.01 Å². The van der Waals surface area contributed by atoms with Crippen LogP contribution in [-0.4, -0.2) is 51.5 Å². The molecule has 0 aliphatic rings. The van der Waals surface area contributed by atoms with Crippen molar-refractivity contribution >= 4 is 17.0 Å². The van der Waals surface area contributed by atoms with Gasteiger partial charge in [-0.15, -0.1) is 0 Å². The van der Waals surface area contributed by atoms with Gasteiger partial charge in [-0.3, -0.25) is 0 Å². The lowest BCUT2D eigenvalue weighted by Gasteiger charge is -2.18. The summed E-state index contributed by atoms with van der Waals surface area (Å²) >= 11 is 0. The fourth-order valence-corrected chi connectivity index (χ4v) is 5.02. The molecular formula is C35H33N5O4. The Hall–Kier alpha value is -5.41. The van der Waals surface area contributed by atoms with Crippen LogP contribution in [-0.2, 0) is 13.0 Å². The molecule has 2 N–H and O–H groups in total. The van der Waals surface area contributed by atoms with Crippen molar-refractivity contribution in [1.82, 2.24) is 19.5 Å². The fraction of sp³-hybridized carbons (Fsp3) is 0.171. The Morgan fingerprint density at radius 3 is 2.05 bits per heavy atom. The lowest BCUT2D eigenvalue weighted by atomic mass is 10.0. The summed E-state index contributed by atoms with van der Waals surface area (Å²) in [4.78, 5) is 14.1. The van der Waals surface area contributed by atoms with Gasteiger partial charge in [-0.25, -0.2) is 4.98 Å². The van der Waals surface area contributed by atoms with Gasteiger partial charge in [0.1, 0.15) is 17.2 Å². The Balaban J connectivity index is 1.34. The molecule has 9 nitrogen and oxygen atoms in total. The van der Waals surface area contributed by atoms with Crippen molar-refractivity contribution in [2.45, 2.75) is 19.0 Å². The van der Waals surface area contributed by atoms with E-state index in [0.717, 1.165) is 16.7 Å². The molecule has 0 saturated carbocycles. The Morgan fingerprint density at radius 1 is 0.750 bits per heavy atom. The molecule has 0 radical (unpaired) electrons. The van der Waals surface area contributed by atoms with E-state index in [4.69, 9.17) is 19.2 Å². The summed E-state index contributed by atoms with van der Waals surface area (Å²) < 4.78 is 18.9. The maximum Gasteiger partial charge on any atom is 0.326 e. The smallest absolute Gasteiger partial charge is 0.326 e. The third-order valence-corrected chi connectivity index (χ3v) is 7.28. The number of hydrogen-bond acceptors (Lipinski definition) is 8. The van der Waals surface area contributed by atoms with E-state index in [0.29, 0.717) is 47.2 Å². The molecule has 222 valence electrons. The molecule has 6 aromatic rings. The Kier molecular flexibility index (Phi) is 8.65. The third kappa shape index (κ3) is 6.63. The number of rotatable bonds is 12. The summed E-state index contributed by atoms with van der Waals surface area (Å²) in [5.74, 6) is 2.07. The van der Waals surface area contributed by atoms with E-state index in [-0.39, 0.29) is 18.7 Å². The number of imidazole rings is 1. The molecule has 1 atom stereocenters. The largest absolute Gasteiger partial charge is 0.496 e. The van der Waals surface area contributed by atoms with Gasteiger partial charge < -0.3 is 29.2 Å². The van der Waals surface area contributed by atoms with E-state index in [1.165, 1.54) is 5.56 Å². The molecule has 0 fully saturated rings. The quantitative estimate of drug-likeness (QED) is 0.170. The fourth-order valence-electron chi connectivity index (χ4n) is 5.02. The normalized spacial score (nSPS) is 11.7. The number of nitrogens with one attached hydrogen (secondary N) is 1. The summed E-state index contributed by atoms with van der Waals surface area (Å²) in [6.07, 6.45) is 2.35. The van der Waals surface area contributed by atoms with Crippen molar-refractivity contribution in [2.75, 3.05) is 26.1 Å². The number of benzene rings is 4. The van der Waals surface area contributed by atoms with Crippen LogP contribution < -0.4 is 19.5 Å². The Bertz CT molecular complexity index is 1800. The van der Waals surface area contributed by atoms with E-state index in [9.17, 15) is 5.11 Å². The molecule has 4 aromatic carbocycles. The van der Waals surface area contributed by atoms with Crippen LogP contribution >= 0.6 is 0 Å². The predicted molar refractivity (Wildman–Crippen MR) is 171 cm³/mol. The highest BCUT2D eigenvalue weighted by molar-refractivity contribution is 5.83. The van der Waals surface area contributed by atoms with E-state index in [2.05, 4.69) is 51.7 Å². The van der Waals surface area contributed by atoms with Gasteiger partial charge in [-0.2, -0.15) is 9.97 Å². The number of methoxy groups -OCH3 is 2. The Labute approximate surface area is 255 Å². The zero-order chi connectivity index (χ0) is 30.3. The van der Waals surface area contributed by atoms with Gasteiger partial charge in [-0.1, -0.05) is 84.9 Å². The van der Waals surface area contributed by atoms with Crippen LogP contribution in [0, 0.1) is 0 Å². The topological polar surface area (TPSA) is 104 Å². The maximum atomic E-state index is 10.3. The first-order valence-corrected chi connectivity index (χ1v) is 14.3. The first-order chi connectivity index (χ1) is 21.6. The molecule has 2 heterocycles. The molecule has 0 aliphatic heterocycles. The molecular weight excluding hydrogens is 554 g/mol. The summed E-state index contributed by atoms with van der Waals surface area (Å²) in [5.41, 5.74) is 5.67. The molecule has 0 saturated heterocycles. The van der Waals surface area contributed by atoms with Crippen molar-refractivity contribution in [3.05, 3.63) is 121 Å². The van der Waals surface area contributed by atoms with Gasteiger partial charge in [0.25, 0.3) is 0 Å². The minimum absolute atomic E-state index is 0.0991. The second-order valence-corrected chi connectivity index (χ2v) is 10.3. The van der Waals surface area contributed by atoms with Crippen LogP contribution in [0.25, 0.3) is 22.3 Å². The van der Waals surface area contributed by atoms with Crippen molar-refractivity contribution < 1.29 is 19.3 Å². The van der Waals surface area contributed by atoms with Crippen molar-refractivity contribution in [2.24, 2.45) is 0 Å². The lowest BCUT2D eigenvalue weighted by molar-refractivity contribution is 0.273. The van der Waals surface area contributed by atoms with Crippen molar-refractivity contribution in [1.29, 1.82) is 0 Å². The van der Waals surface area contributed by atoms with Crippen LogP contribution in [0.1, 0.15) is 11.1 Å². The highest BCUT2D eigenvalue weighted by Crippen LogP contribution is 2.32. The predicted octanol–water partition coefficient (Wildman–Crippen LogP) is 6.37. The summed E-state index contributed by atoms with van der Waals surface area (Å²) in [7, 11) is 3.16. The number of aliphatic hydroxyl groups is 1. The molecule has 6 rings (SSSR count). The van der Waals surface area contributed by atoms with Gasteiger partial charge in [0.15, 0.2) is 17.0 Å². The molecule has 0 amide bonds. The number of nitrogens with zero attached hydrogens (tertiary/aromatic N) is 4. The van der Waals surface area contributed by atoms with Gasteiger partial charge in [0.2, 0.25) is 0 Å². The lowest BCUT2D eigenvalue weighted by Crippen LogP contribution is -2.27. The molecule has 44 heavy (non-hydrogen) atoms. The van der Waals surface area contributed by atoms with Crippen molar-refractivity contribution in [3.63, 3.8) is 0 Å². The second-order valence-electron chi connectivity index (χ2n) is 10.3. The molecule has 9 heteroatoms.